The van der Waals surface area contributed by atoms with Crippen LogP contribution in [-0.2, 0) is 6.42 Å². The number of nitrogens with two attached hydrogens (primary N) is 1. The summed E-state index contributed by atoms with van der Waals surface area (Å²) in [5.74, 6) is 2.26. The van der Waals surface area contributed by atoms with Gasteiger partial charge in [0, 0.05) is 12.1 Å². The van der Waals surface area contributed by atoms with E-state index < -0.39 is 0 Å². The summed E-state index contributed by atoms with van der Waals surface area (Å²) in [5.41, 5.74) is 8.11. The first kappa shape index (κ1) is 14.3. The molecule has 19 heavy (non-hydrogen) atoms. The number of hydrogen-bond acceptors (Lipinski definition) is 3. The van der Waals surface area contributed by atoms with Crippen LogP contribution >= 0.6 is 11.3 Å². The molecule has 0 saturated carbocycles. The lowest BCUT2D eigenvalue weighted by Gasteiger charge is -2.15. The molecule has 0 aromatic carbocycles. The minimum absolute atomic E-state index is 0.515. The molecule has 0 fully saturated rings. The van der Waals surface area contributed by atoms with E-state index in [1.165, 1.54) is 4.88 Å². The Labute approximate surface area is 119 Å². The van der Waals surface area contributed by atoms with Crippen molar-refractivity contribution in [2.75, 3.05) is 6.54 Å². The molecule has 0 aliphatic rings. The van der Waals surface area contributed by atoms with E-state index in [4.69, 9.17) is 10.7 Å². The van der Waals surface area contributed by atoms with Crippen LogP contribution in [-0.4, -0.2) is 16.5 Å². The van der Waals surface area contributed by atoms with E-state index in [1.807, 2.05) is 0 Å². The summed E-state index contributed by atoms with van der Waals surface area (Å²) in [6, 6.07) is 4.18. The summed E-state index contributed by atoms with van der Waals surface area (Å²) >= 11 is 1.73. The molecule has 3 nitrogen and oxygen atoms in total. The van der Waals surface area contributed by atoms with Gasteiger partial charge in [-0.2, -0.15) is 0 Å². The number of nitrogens with zero attached hydrogens (tertiary/aromatic N) is 1. The lowest BCUT2D eigenvalue weighted by molar-refractivity contribution is 0.409. The lowest BCUT2D eigenvalue weighted by atomic mass is 9.94. The van der Waals surface area contributed by atoms with Crippen molar-refractivity contribution in [3.63, 3.8) is 0 Å². The van der Waals surface area contributed by atoms with E-state index in [2.05, 4.69) is 43.3 Å². The first-order valence-electron chi connectivity index (χ1n) is 6.89. The highest BCUT2D eigenvalue weighted by atomic mass is 32.1. The largest absolute Gasteiger partial charge is 0.346 e. The van der Waals surface area contributed by atoms with Gasteiger partial charge >= 0.3 is 0 Å². The number of H-pyrrole nitrogens is 1. The Morgan fingerprint density at radius 3 is 2.79 bits per heavy atom. The first-order valence-corrected chi connectivity index (χ1v) is 7.77. The normalized spacial score (nSPS) is 13.1. The summed E-state index contributed by atoms with van der Waals surface area (Å²) < 4.78 is 0. The zero-order valence-electron chi connectivity index (χ0n) is 11.9. The average molecular weight is 277 g/mol. The molecule has 104 valence electrons. The fraction of sp³-hybridized carbons (Fsp3) is 0.533. The second-order valence-electron chi connectivity index (χ2n) is 5.57. The topological polar surface area (TPSA) is 54.7 Å². The molecule has 0 radical (unpaired) electrons. The molecule has 2 aromatic rings. The van der Waals surface area contributed by atoms with Crippen molar-refractivity contribution in [1.29, 1.82) is 0 Å². The molecule has 2 aromatic heterocycles. The van der Waals surface area contributed by atoms with Crippen LogP contribution < -0.4 is 5.73 Å². The van der Waals surface area contributed by atoms with E-state index >= 15 is 0 Å². The standard InChI is InChI=1S/C15H23N3S/c1-10(2)7-12(9-16)8-14-17-11(3)15(18-14)13-5-4-6-19-13/h4-6,10,12H,7-9,16H2,1-3H3,(H,17,18). The number of aromatic amines is 1. The van der Waals surface area contributed by atoms with Crippen LogP contribution in [0.15, 0.2) is 17.5 Å². The van der Waals surface area contributed by atoms with Crippen LogP contribution in [0.2, 0.25) is 0 Å². The summed E-state index contributed by atoms with van der Waals surface area (Å²) in [4.78, 5) is 9.39. The zero-order chi connectivity index (χ0) is 13.8. The van der Waals surface area contributed by atoms with E-state index in [0.717, 1.165) is 36.6 Å². The zero-order valence-corrected chi connectivity index (χ0v) is 12.8. The molecule has 0 aliphatic heterocycles. The monoisotopic (exact) mass is 277 g/mol. The molecule has 4 heteroatoms. The lowest BCUT2D eigenvalue weighted by Crippen LogP contribution is -2.19. The predicted octanol–water partition coefficient (Wildman–Crippen LogP) is 3.61. The number of aryl methyl sites for hydroxylation is 1. The second-order valence-corrected chi connectivity index (χ2v) is 6.52. The number of aromatic nitrogens is 2. The maximum atomic E-state index is 5.87. The third-order valence-electron chi connectivity index (χ3n) is 3.31. The van der Waals surface area contributed by atoms with Crippen molar-refractivity contribution in [1.82, 2.24) is 9.97 Å². The number of rotatable bonds is 6. The minimum Gasteiger partial charge on any atom is -0.346 e. The van der Waals surface area contributed by atoms with E-state index in [0.29, 0.717) is 11.8 Å². The molecule has 0 aliphatic carbocycles. The quantitative estimate of drug-likeness (QED) is 0.847. The second kappa shape index (κ2) is 6.35. The van der Waals surface area contributed by atoms with Crippen molar-refractivity contribution in [2.24, 2.45) is 17.6 Å². The highest BCUT2D eigenvalue weighted by Crippen LogP contribution is 2.26. The van der Waals surface area contributed by atoms with Gasteiger partial charge in [0.2, 0.25) is 0 Å². The summed E-state index contributed by atoms with van der Waals surface area (Å²) in [6.07, 6.45) is 2.10. The Bertz CT molecular complexity index is 499. The minimum atomic E-state index is 0.515. The third-order valence-corrected chi connectivity index (χ3v) is 4.19. The smallest absolute Gasteiger partial charge is 0.107 e. The molecule has 0 amide bonds. The van der Waals surface area contributed by atoms with Crippen LogP contribution in [0.1, 0.15) is 31.8 Å². The van der Waals surface area contributed by atoms with Gasteiger partial charge in [-0.15, -0.1) is 11.3 Å². The van der Waals surface area contributed by atoms with Gasteiger partial charge in [-0.1, -0.05) is 19.9 Å². The van der Waals surface area contributed by atoms with Crippen LogP contribution in [0.4, 0.5) is 0 Å². The van der Waals surface area contributed by atoms with Crippen molar-refractivity contribution >= 4 is 11.3 Å². The molecule has 3 N–H and O–H groups in total. The number of imidazole rings is 1. The Kier molecular flexibility index (Phi) is 4.77. The number of thiophene rings is 1. The molecule has 1 atom stereocenters. The van der Waals surface area contributed by atoms with Crippen molar-refractivity contribution in [2.45, 2.75) is 33.6 Å². The molecule has 2 heterocycles. The number of hydrogen-bond donors (Lipinski definition) is 2. The molecule has 0 bridgehead atoms. The van der Waals surface area contributed by atoms with E-state index in [1.54, 1.807) is 11.3 Å². The van der Waals surface area contributed by atoms with E-state index in [9.17, 15) is 0 Å². The SMILES string of the molecule is Cc1[nH]c(CC(CN)CC(C)C)nc1-c1cccs1. The van der Waals surface area contributed by atoms with Gasteiger partial charge in [0.25, 0.3) is 0 Å². The van der Waals surface area contributed by atoms with Crippen LogP contribution in [0, 0.1) is 18.8 Å². The number of nitrogens with one attached hydrogen (secondary N) is 1. The van der Waals surface area contributed by atoms with Crippen LogP contribution in [0.3, 0.4) is 0 Å². The van der Waals surface area contributed by atoms with Crippen LogP contribution in [0.25, 0.3) is 10.6 Å². The third kappa shape index (κ3) is 3.67. The highest BCUT2D eigenvalue weighted by molar-refractivity contribution is 7.13. The van der Waals surface area contributed by atoms with Crippen molar-refractivity contribution < 1.29 is 0 Å². The van der Waals surface area contributed by atoms with Gasteiger partial charge < -0.3 is 10.7 Å². The molecule has 1 unspecified atom stereocenters. The van der Waals surface area contributed by atoms with Gasteiger partial charge in [0.15, 0.2) is 0 Å². The molecular formula is C15H23N3S. The average Bonchev–Trinajstić information content (AvgIpc) is 2.97. The van der Waals surface area contributed by atoms with E-state index in [-0.39, 0.29) is 0 Å². The van der Waals surface area contributed by atoms with Crippen molar-refractivity contribution in [3.05, 3.63) is 29.0 Å². The Hall–Kier alpha value is -1.13. The van der Waals surface area contributed by atoms with Crippen molar-refractivity contribution in [3.8, 4) is 10.6 Å². The molecule has 2 rings (SSSR count). The molecule has 0 spiro atoms. The fourth-order valence-electron chi connectivity index (χ4n) is 2.48. The Balaban J connectivity index is 2.11. The Morgan fingerprint density at radius 1 is 1.42 bits per heavy atom. The van der Waals surface area contributed by atoms with Crippen LogP contribution in [0.5, 0.6) is 0 Å². The van der Waals surface area contributed by atoms with Gasteiger partial charge in [0.1, 0.15) is 11.5 Å². The Morgan fingerprint density at radius 2 is 2.21 bits per heavy atom. The molecular weight excluding hydrogens is 254 g/mol. The first-order chi connectivity index (χ1) is 9.10. The summed E-state index contributed by atoms with van der Waals surface area (Å²) in [7, 11) is 0. The summed E-state index contributed by atoms with van der Waals surface area (Å²) in [6.45, 7) is 7.30. The maximum absolute atomic E-state index is 5.87. The highest BCUT2D eigenvalue weighted by Gasteiger charge is 2.15. The van der Waals surface area contributed by atoms with Gasteiger partial charge in [-0.3, -0.25) is 0 Å². The van der Waals surface area contributed by atoms with Gasteiger partial charge in [0.05, 0.1) is 4.88 Å². The summed E-state index contributed by atoms with van der Waals surface area (Å²) in [5, 5.41) is 2.09. The maximum Gasteiger partial charge on any atom is 0.107 e. The fourth-order valence-corrected chi connectivity index (χ4v) is 3.25. The van der Waals surface area contributed by atoms with Gasteiger partial charge in [-0.25, -0.2) is 4.98 Å². The molecule has 0 saturated heterocycles. The van der Waals surface area contributed by atoms with Gasteiger partial charge in [-0.05, 0) is 43.2 Å². The predicted molar refractivity (Wildman–Crippen MR) is 82.3 cm³/mol.